The highest BCUT2D eigenvalue weighted by Gasteiger charge is 2.22. The second-order valence-electron chi connectivity index (χ2n) is 4.96. The third-order valence-electron chi connectivity index (χ3n) is 3.44. The van der Waals surface area contributed by atoms with Gasteiger partial charge in [-0.05, 0) is 42.8 Å². The van der Waals surface area contributed by atoms with Gasteiger partial charge < -0.3 is 4.90 Å². The number of rotatable bonds is 4. The molecule has 0 saturated carbocycles. The number of pyridine rings is 1. The highest BCUT2D eigenvalue weighted by Crippen LogP contribution is 2.23. The van der Waals surface area contributed by atoms with Crippen molar-refractivity contribution in [3.05, 3.63) is 48.7 Å². The average molecular weight is 317 g/mol. The molecule has 0 spiro atoms. The number of carbonyl (C=O) groups excluding carboxylic acids is 1. The van der Waals surface area contributed by atoms with Gasteiger partial charge in [0.05, 0.1) is 4.90 Å². The third-order valence-corrected chi connectivity index (χ3v) is 4.81. The second kappa shape index (κ2) is 5.76. The van der Waals surface area contributed by atoms with E-state index >= 15 is 0 Å². The maximum Gasteiger partial charge on any atom is 0.263 e. The molecule has 0 unspecified atom stereocenters. The van der Waals surface area contributed by atoms with E-state index in [0.29, 0.717) is 13.0 Å². The lowest BCUT2D eigenvalue weighted by molar-refractivity contribution is -0.117. The zero-order valence-electron chi connectivity index (χ0n) is 11.8. The van der Waals surface area contributed by atoms with Gasteiger partial charge >= 0.3 is 0 Å². The van der Waals surface area contributed by atoms with E-state index in [0.717, 1.165) is 12.1 Å². The van der Waals surface area contributed by atoms with Crippen molar-refractivity contribution >= 4 is 27.4 Å². The van der Waals surface area contributed by atoms with Crippen molar-refractivity contribution in [3.63, 3.8) is 0 Å². The number of hydrogen-bond donors (Lipinski definition) is 1. The van der Waals surface area contributed by atoms with Gasteiger partial charge in [0.15, 0.2) is 0 Å². The molecule has 1 N–H and O–H groups in total. The van der Waals surface area contributed by atoms with Crippen LogP contribution in [0, 0.1) is 0 Å². The lowest BCUT2D eigenvalue weighted by Gasteiger charge is -2.16. The lowest BCUT2D eigenvalue weighted by atomic mass is 10.3. The van der Waals surface area contributed by atoms with E-state index in [-0.39, 0.29) is 16.6 Å². The van der Waals surface area contributed by atoms with Crippen molar-refractivity contribution in [2.24, 2.45) is 0 Å². The maximum atomic E-state index is 12.3. The van der Waals surface area contributed by atoms with Crippen molar-refractivity contribution in [3.8, 4) is 0 Å². The van der Waals surface area contributed by atoms with Crippen LogP contribution in [0.15, 0.2) is 53.6 Å². The van der Waals surface area contributed by atoms with Gasteiger partial charge in [-0.2, -0.15) is 0 Å². The van der Waals surface area contributed by atoms with E-state index in [4.69, 9.17) is 0 Å². The fourth-order valence-electron chi connectivity index (χ4n) is 2.35. The molecule has 1 saturated heterocycles. The SMILES string of the molecule is O=C1CCCN1c1ccc(S(=O)(=O)Nc2ccccn2)cc1. The molecule has 2 heterocycles. The summed E-state index contributed by atoms with van der Waals surface area (Å²) in [6.07, 6.45) is 2.89. The first-order chi connectivity index (χ1) is 10.6. The van der Waals surface area contributed by atoms with E-state index in [1.54, 1.807) is 35.2 Å². The summed E-state index contributed by atoms with van der Waals surface area (Å²) in [6, 6.07) is 11.3. The first kappa shape index (κ1) is 14.5. The molecule has 7 heteroatoms. The highest BCUT2D eigenvalue weighted by molar-refractivity contribution is 7.92. The van der Waals surface area contributed by atoms with Gasteiger partial charge in [0.1, 0.15) is 5.82 Å². The normalized spacial score (nSPS) is 15.1. The predicted octanol–water partition coefficient (Wildman–Crippen LogP) is 2.01. The summed E-state index contributed by atoms with van der Waals surface area (Å²) in [5.41, 5.74) is 0.722. The van der Waals surface area contributed by atoms with Crippen molar-refractivity contribution in [2.45, 2.75) is 17.7 Å². The molecular weight excluding hydrogens is 302 g/mol. The average Bonchev–Trinajstić information content (AvgIpc) is 2.94. The molecule has 1 amide bonds. The first-order valence-corrected chi connectivity index (χ1v) is 8.39. The van der Waals surface area contributed by atoms with Crippen molar-refractivity contribution in [1.82, 2.24) is 4.98 Å². The fourth-order valence-corrected chi connectivity index (χ4v) is 3.35. The lowest BCUT2D eigenvalue weighted by Crippen LogP contribution is -2.23. The van der Waals surface area contributed by atoms with Gasteiger partial charge in [-0.3, -0.25) is 9.52 Å². The van der Waals surface area contributed by atoms with Gasteiger partial charge in [-0.1, -0.05) is 6.07 Å². The molecule has 3 rings (SSSR count). The molecule has 0 bridgehead atoms. The van der Waals surface area contributed by atoms with Crippen LogP contribution in [0.3, 0.4) is 0 Å². The molecule has 114 valence electrons. The number of carbonyl (C=O) groups is 1. The first-order valence-electron chi connectivity index (χ1n) is 6.90. The Hall–Kier alpha value is -2.41. The van der Waals surface area contributed by atoms with Crippen LogP contribution >= 0.6 is 0 Å². The molecular formula is C15H15N3O3S. The maximum absolute atomic E-state index is 12.3. The zero-order valence-corrected chi connectivity index (χ0v) is 12.6. The van der Waals surface area contributed by atoms with E-state index < -0.39 is 10.0 Å². The zero-order chi connectivity index (χ0) is 15.6. The molecule has 0 atom stereocenters. The van der Waals surface area contributed by atoms with Gasteiger partial charge in [0, 0.05) is 24.8 Å². The molecule has 1 aliphatic rings. The van der Waals surface area contributed by atoms with Gasteiger partial charge in [0.25, 0.3) is 10.0 Å². The van der Waals surface area contributed by atoms with Crippen LogP contribution in [-0.2, 0) is 14.8 Å². The number of benzene rings is 1. The van der Waals surface area contributed by atoms with Gasteiger partial charge in [-0.25, -0.2) is 13.4 Å². The smallest absolute Gasteiger partial charge is 0.263 e. The Morgan fingerprint density at radius 2 is 1.86 bits per heavy atom. The number of aromatic nitrogens is 1. The summed E-state index contributed by atoms with van der Waals surface area (Å²) in [5.74, 6) is 0.337. The Kier molecular flexibility index (Phi) is 3.81. The molecule has 0 aliphatic carbocycles. The molecule has 6 nitrogen and oxygen atoms in total. The van der Waals surface area contributed by atoms with Gasteiger partial charge in [0.2, 0.25) is 5.91 Å². The molecule has 2 aromatic rings. The van der Waals surface area contributed by atoms with Crippen LogP contribution in [0.5, 0.6) is 0 Å². The van der Waals surface area contributed by atoms with E-state index in [2.05, 4.69) is 9.71 Å². The van der Waals surface area contributed by atoms with Crippen LogP contribution in [0.1, 0.15) is 12.8 Å². The van der Waals surface area contributed by atoms with E-state index in [1.807, 2.05) is 0 Å². The molecule has 1 aromatic carbocycles. The van der Waals surface area contributed by atoms with Crippen molar-refractivity contribution in [2.75, 3.05) is 16.2 Å². The summed E-state index contributed by atoms with van der Waals surface area (Å²) in [5, 5.41) is 0. The van der Waals surface area contributed by atoms with Crippen molar-refractivity contribution < 1.29 is 13.2 Å². The van der Waals surface area contributed by atoms with Crippen LogP contribution < -0.4 is 9.62 Å². The van der Waals surface area contributed by atoms with E-state index in [9.17, 15) is 13.2 Å². The number of anilines is 2. The minimum Gasteiger partial charge on any atom is -0.312 e. The second-order valence-corrected chi connectivity index (χ2v) is 6.65. The van der Waals surface area contributed by atoms with Crippen molar-refractivity contribution in [1.29, 1.82) is 0 Å². The fraction of sp³-hybridized carbons (Fsp3) is 0.200. The third kappa shape index (κ3) is 2.94. The number of sulfonamides is 1. The Morgan fingerprint density at radius 1 is 1.09 bits per heavy atom. The highest BCUT2D eigenvalue weighted by atomic mass is 32.2. The van der Waals surface area contributed by atoms with Crippen LogP contribution in [0.4, 0.5) is 11.5 Å². The Labute approximate surface area is 128 Å². The Morgan fingerprint density at radius 3 is 2.45 bits per heavy atom. The molecule has 1 aromatic heterocycles. The molecule has 0 radical (unpaired) electrons. The van der Waals surface area contributed by atoms with Crippen LogP contribution in [0.25, 0.3) is 0 Å². The van der Waals surface area contributed by atoms with Crippen LogP contribution in [-0.4, -0.2) is 25.9 Å². The summed E-state index contributed by atoms with van der Waals surface area (Å²) < 4.78 is 26.9. The van der Waals surface area contributed by atoms with E-state index in [1.165, 1.54) is 18.3 Å². The van der Waals surface area contributed by atoms with Gasteiger partial charge in [-0.15, -0.1) is 0 Å². The quantitative estimate of drug-likeness (QED) is 0.935. The largest absolute Gasteiger partial charge is 0.312 e. The molecule has 1 fully saturated rings. The molecule has 1 aliphatic heterocycles. The topological polar surface area (TPSA) is 79.4 Å². The number of nitrogens with zero attached hydrogens (tertiary/aromatic N) is 2. The summed E-state index contributed by atoms with van der Waals surface area (Å²) >= 11 is 0. The summed E-state index contributed by atoms with van der Waals surface area (Å²) in [4.78, 5) is 17.4. The number of hydrogen-bond acceptors (Lipinski definition) is 4. The monoisotopic (exact) mass is 317 g/mol. The standard InChI is InChI=1S/C15H15N3O3S/c19-15-5-3-11-18(15)12-6-8-13(9-7-12)22(20,21)17-14-4-1-2-10-16-14/h1-2,4,6-10H,3,5,11H2,(H,16,17). The minimum atomic E-state index is -3.68. The number of nitrogens with one attached hydrogen (secondary N) is 1. The summed E-state index contributed by atoms with van der Waals surface area (Å²) in [7, 11) is -3.68. The van der Waals surface area contributed by atoms with Crippen LogP contribution in [0.2, 0.25) is 0 Å². The number of amides is 1. The molecule has 22 heavy (non-hydrogen) atoms. The predicted molar refractivity (Wildman–Crippen MR) is 83.1 cm³/mol. The Balaban J connectivity index is 1.81. The minimum absolute atomic E-state index is 0.0715. The summed E-state index contributed by atoms with van der Waals surface area (Å²) in [6.45, 7) is 0.678. The Bertz CT molecular complexity index is 773.